The van der Waals surface area contributed by atoms with Gasteiger partial charge in [0.15, 0.2) is 5.82 Å². The van der Waals surface area contributed by atoms with Gasteiger partial charge in [-0.2, -0.15) is 31.3 Å². The van der Waals surface area contributed by atoms with Crippen LogP contribution in [0, 0.1) is 0 Å². The molecule has 1 aromatic heterocycles. The van der Waals surface area contributed by atoms with E-state index in [1.54, 1.807) is 29.2 Å². The summed E-state index contributed by atoms with van der Waals surface area (Å²) >= 11 is 0. The molecule has 0 bridgehead atoms. The summed E-state index contributed by atoms with van der Waals surface area (Å²) in [6, 6.07) is 9.40. The molecule has 13 heteroatoms. The monoisotopic (exact) mass is 577 g/mol. The first-order valence-electron chi connectivity index (χ1n) is 12.7. The van der Waals surface area contributed by atoms with Gasteiger partial charge in [-0.1, -0.05) is 36.4 Å². The zero-order valence-corrected chi connectivity index (χ0v) is 21.6. The van der Waals surface area contributed by atoms with E-state index in [1.165, 1.54) is 22.1 Å². The number of nitrogens with zero attached hydrogens (tertiary/aromatic N) is 5. The van der Waals surface area contributed by atoms with Crippen molar-refractivity contribution in [1.82, 2.24) is 14.9 Å². The Morgan fingerprint density at radius 2 is 1.61 bits per heavy atom. The minimum atomic E-state index is -5.06. The third kappa shape index (κ3) is 5.99. The average Bonchev–Trinajstić information content (AvgIpc) is 3.06. The minimum Gasteiger partial charge on any atom is -0.378 e. The van der Waals surface area contributed by atoms with E-state index in [0.29, 0.717) is 38.4 Å². The fourth-order valence-corrected chi connectivity index (χ4v) is 4.84. The number of hydrogen-bond donors (Lipinski definition) is 0. The molecule has 3 heterocycles. The molecule has 2 aliphatic rings. The molecule has 2 aromatic carbocycles. The van der Waals surface area contributed by atoms with E-state index in [1.807, 2.05) is 6.07 Å². The molecule has 1 atom stereocenters. The second-order valence-electron chi connectivity index (χ2n) is 9.62. The molecule has 0 aliphatic carbocycles. The van der Waals surface area contributed by atoms with Crippen molar-refractivity contribution in [3.8, 4) is 0 Å². The van der Waals surface area contributed by atoms with Crippen LogP contribution >= 0.6 is 0 Å². The number of benzene rings is 2. The molecule has 1 fully saturated rings. The summed E-state index contributed by atoms with van der Waals surface area (Å²) < 4.78 is 88.3. The lowest BCUT2D eigenvalue weighted by Gasteiger charge is -2.33. The first-order valence-corrected chi connectivity index (χ1v) is 12.7. The van der Waals surface area contributed by atoms with Crippen LogP contribution in [0.25, 0.3) is 0 Å². The Hall–Kier alpha value is -4.13. The van der Waals surface area contributed by atoms with E-state index in [-0.39, 0.29) is 36.5 Å². The Labute approximate surface area is 231 Å². The van der Waals surface area contributed by atoms with Crippen LogP contribution in [0.15, 0.2) is 67.4 Å². The Kier molecular flexibility index (Phi) is 7.64. The summed E-state index contributed by atoms with van der Waals surface area (Å²) in [5.74, 6) is -0.457. The fourth-order valence-electron chi connectivity index (χ4n) is 4.84. The number of anilines is 3. The van der Waals surface area contributed by atoms with Crippen LogP contribution in [-0.2, 0) is 23.6 Å². The van der Waals surface area contributed by atoms with Gasteiger partial charge in [-0.3, -0.25) is 4.79 Å². The van der Waals surface area contributed by atoms with Gasteiger partial charge in [-0.25, -0.2) is 4.98 Å². The lowest BCUT2D eigenvalue weighted by Crippen LogP contribution is -2.40. The number of carbonyl (C=O) groups excluding carboxylic acids is 1. The summed E-state index contributed by atoms with van der Waals surface area (Å²) in [6.45, 7) is 5.45. The van der Waals surface area contributed by atoms with E-state index in [4.69, 9.17) is 4.74 Å². The fraction of sp³-hybridized carbons (Fsp3) is 0.321. The molecule has 41 heavy (non-hydrogen) atoms. The third-order valence-corrected chi connectivity index (χ3v) is 6.87. The molecule has 7 nitrogen and oxygen atoms in total. The van der Waals surface area contributed by atoms with Crippen LogP contribution in [0.4, 0.5) is 43.8 Å². The van der Waals surface area contributed by atoms with Gasteiger partial charge in [-0.15, -0.1) is 6.58 Å². The number of rotatable bonds is 5. The van der Waals surface area contributed by atoms with Crippen LogP contribution in [0.3, 0.4) is 0 Å². The molecule has 3 aromatic rings. The summed E-state index contributed by atoms with van der Waals surface area (Å²) in [5, 5.41) is 0. The Morgan fingerprint density at radius 1 is 0.976 bits per heavy atom. The quantitative estimate of drug-likeness (QED) is 0.287. The second kappa shape index (κ2) is 11.0. The number of hydrogen-bond acceptors (Lipinski definition) is 6. The molecule has 5 rings (SSSR count). The number of fused-ring (bicyclic) bond motifs is 1. The smallest absolute Gasteiger partial charge is 0.378 e. The molecule has 0 saturated carbocycles. The maximum absolute atomic E-state index is 13.8. The highest BCUT2D eigenvalue weighted by Crippen LogP contribution is 2.42. The SMILES string of the molecule is C=C[C@@H]1CN(Cc2ccccc2)C(=O)c2cnc(N3CCOCC3)nc2N1c1cc(C(F)(F)F)cc(C(F)(F)F)c1. The molecular weight excluding hydrogens is 552 g/mol. The first-order chi connectivity index (χ1) is 19.5. The van der Waals surface area contributed by atoms with Gasteiger partial charge in [0.05, 0.1) is 30.4 Å². The maximum Gasteiger partial charge on any atom is 0.416 e. The van der Waals surface area contributed by atoms with Crippen molar-refractivity contribution >= 4 is 23.4 Å². The number of ether oxygens (including phenoxy) is 1. The predicted octanol–water partition coefficient (Wildman–Crippen LogP) is 5.70. The molecular formula is C28H25F6N5O2. The zero-order valence-electron chi connectivity index (χ0n) is 21.6. The number of carbonyl (C=O) groups is 1. The van der Waals surface area contributed by atoms with Crippen LogP contribution in [0.5, 0.6) is 0 Å². The Balaban J connectivity index is 1.70. The highest BCUT2D eigenvalue weighted by atomic mass is 19.4. The summed E-state index contributed by atoms with van der Waals surface area (Å²) in [7, 11) is 0. The highest BCUT2D eigenvalue weighted by Gasteiger charge is 2.40. The van der Waals surface area contributed by atoms with Crippen molar-refractivity contribution in [3.05, 3.63) is 89.6 Å². The average molecular weight is 578 g/mol. The summed E-state index contributed by atoms with van der Waals surface area (Å²) in [4.78, 5) is 27.1. The van der Waals surface area contributed by atoms with E-state index >= 15 is 0 Å². The van der Waals surface area contributed by atoms with Crippen molar-refractivity contribution in [2.24, 2.45) is 0 Å². The Bertz CT molecular complexity index is 1390. The van der Waals surface area contributed by atoms with Gasteiger partial charge >= 0.3 is 12.4 Å². The van der Waals surface area contributed by atoms with E-state index in [0.717, 1.165) is 5.56 Å². The normalized spacial score (nSPS) is 18.2. The maximum atomic E-state index is 13.8. The molecule has 1 saturated heterocycles. The van der Waals surface area contributed by atoms with Crippen molar-refractivity contribution in [2.45, 2.75) is 24.9 Å². The lowest BCUT2D eigenvalue weighted by molar-refractivity contribution is -0.143. The van der Waals surface area contributed by atoms with E-state index in [9.17, 15) is 31.1 Å². The number of aromatic nitrogens is 2. The zero-order chi connectivity index (χ0) is 29.4. The largest absolute Gasteiger partial charge is 0.416 e. The summed E-state index contributed by atoms with van der Waals surface area (Å²) in [5.41, 5.74) is -2.67. The molecule has 1 amide bonds. The molecule has 0 unspecified atom stereocenters. The van der Waals surface area contributed by atoms with E-state index < -0.39 is 41.1 Å². The topological polar surface area (TPSA) is 61.8 Å². The van der Waals surface area contributed by atoms with Crippen LogP contribution in [-0.4, -0.2) is 59.7 Å². The van der Waals surface area contributed by atoms with Crippen molar-refractivity contribution < 1.29 is 35.9 Å². The molecule has 2 aliphatic heterocycles. The number of alkyl halides is 6. The van der Waals surface area contributed by atoms with Crippen molar-refractivity contribution in [3.63, 3.8) is 0 Å². The number of halogens is 6. The second-order valence-corrected chi connectivity index (χ2v) is 9.62. The van der Waals surface area contributed by atoms with Gasteiger partial charge < -0.3 is 19.4 Å². The molecule has 0 N–H and O–H groups in total. The van der Waals surface area contributed by atoms with Gasteiger partial charge in [0.2, 0.25) is 5.95 Å². The first kappa shape index (κ1) is 28.4. The molecule has 0 spiro atoms. The third-order valence-electron chi connectivity index (χ3n) is 6.87. The standard InChI is InChI=1S/C28H25F6N5O2/c1-2-21-17-38(16-18-6-4-3-5-7-18)25(40)23-15-35-26(37-8-10-41-11-9-37)36-24(23)39(21)22-13-19(27(29,30)31)12-20(14-22)28(32,33)34/h2-7,12-15,21H,1,8-11,16-17H2/t21-/m1/s1. The number of amides is 1. The predicted molar refractivity (Wildman–Crippen MR) is 139 cm³/mol. The Morgan fingerprint density at radius 3 is 2.20 bits per heavy atom. The molecule has 0 radical (unpaired) electrons. The van der Waals surface area contributed by atoms with Gasteiger partial charge in [0.25, 0.3) is 5.91 Å². The van der Waals surface area contributed by atoms with Gasteiger partial charge in [-0.05, 0) is 23.8 Å². The van der Waals surface area contributed by atoms with Crippen LogP contribution in [0.2, 0.25) is 0 Å². The molecule has 216 valence electrons. The van der Waals surface area contributed by atoms with Gasteiger partial charge in [0.1, 0.15) is 5.56 Å². The summed E-state index contributed by atoms with van der Waals surface area (Å²) in [6.07, 6.45) is -7.48. The number of morpholine rings is 1. The minimum absolute atomic E-state index is 0.0618. The van der Waals surface area contributed by atoms with Crippen LogP contribution in [0.1, 0.15) is 27.0 Å². The lowest BCUT2D eigenvalue weighted by atomic mass is 10.1. The van der Waals surface area contributed by atoms with Crippen molar-refractivity contribution in [1.29, 1.82) is 0 Å². The van der Waals surface area contributed by atoms with Crippen LogP contribution < -0.4 is 9.80 Å². The highest BCUT2D eigenvalue weighted by molar-refractivity contribution is 6.00. The van der Waals surface area contributed by atoms with Crippen molar-refractivity contribution in [2.75, 3.05) is 42.6 Å². The van der Waals surface area contributed by atoms with E-state index in [2.05, 4.69) is 16.5 Å². The van der Waals surface area contributed by atoms with Gasteiger partial charge in [0, 0.05) is 38.1 Å².